The fraction of sp³-hybridized carbons (Fsp3) is 0.471. The van der Waals surface area contributed by atoms with Gasteiger partial charge in [0.1, 0.15) is 5.69 Å². The fourth-order valence-corrected chi connectivity index (χ4v) is 3.12. The standard InChI is InChI=1S/C16H21N4S.CHF3O3S/c1-19-12-15(17-16(18-19)21-2)13-6-8-14(9-7-13)20-10-4-3-5-11-20;2-1(3,4)8(5,6)7/h6-9,12H,3-5,10-11H2,1-2H3;(H,5,6,7)/q+1;/p-1. The third-order valence-electron chi connectivity index (χ3n) is 4.12. The van der Waals surface area contributed by atoms with Crippen molar-refractivity contribution in [2.24, 2.45) is 7.05 Å². The Kier molecular flexibility index (Phi) is 7.83. The summed E-state index contributed by atoms with van der Waals surface area (Å²) in [4.78, 5) is 7.05. The lowest BCUT2D eigenvalue weighted by Gasteiger charge is -2.28. The Morgan fingerprint density at radius 2 is 1.69 bits per heavy atom. The first-order chi connectivity index (χ1) is 13.5. The van der Waals surface area contributed by atoms with Crippen molar-refractivity contribution < 1.29 is 30.8 Å². The molecule has 3 rings (SSSR count). The molecule has 7 nitrogen and oxygen atoms in total. The molecule has 2 aromatic rings. The number of alkyl halides is 3. The molecule has 1 fully saturated rings. The van der Waals surface area contributed by atoms with Gasteiger partial charge in [-0.1, -0.05) is 28.6 Å². The van der Waals surface area contributed by atoms with Crippen molar-refractivity contribution in [1.29, 1.82) is 0 Å². The minimum atomic E-state index is -6.09. The van der Waals surface area contributed by atoms with Crippen LogP contribution in [-0.2, 0) is 17.2 Å². The Morgan fingerprint density at radius 1 is 1.14 bits per heavy atom. The maximum atomic E-state index is 10.7. The van der Waals surface area contributed by atoms with E-state index in [1.165, 1.54) is 38.0 Å². The molecule has 12 heteroatoms. The second-order valence-electron chi connectivity index (χ2n) is 6.28. The number of hydrogen-bond acceptors (Lipinski definition) is 7. The van der Waals surface area contributed by atoms with Crippen LogP contribution in [0.4, 0.5) is 18.9 Å². The van der Waals surface area contributed by atoms with Crippen LogP contribution < -0.4 is 9.58 Å². The van der Waals surface area contributed by atoms with Gasteiger partial charge in [0.05, 0.1) is 0 Å². The summed E-state index contributed by atoms with van der Waals surface area (Å²) in [6, 6.07) is 8.75. The predicted octanol–water partition coefficient (Wildman–Crippen LogP) is 2.73. The average Bonchev–Trinajstić information content (AvgIpc) is 2.67. The van der Waals surface area contributed by atoms with E-state index in [1.807, 2.05) is 24.2 Å². The van der Waals surface area contributed by atoms with Gasteiger partial charge in [-0.3, -0.25) is 0 Å². The number of hydrogen-bond donors (Lipinski definition) is 0. The van der Waals surface area contributed by atoms with Crippen molar-refractivity contribution in [1.82, 2.24) is 10.1 Å². The van der Waals surface area contributed by atoms with E-state index >= 15 is 0 Å². The summed E-state index contributed by atoms with van der Waals surface area (Å²) in [5.41, 5.74) is -2.21. The van der Waals surface area contributed by atoms with Crippen LogP contribution in [0.2, 0.25) is 0 Å². The van der Waals surface area contributed by atoms with Crippen LogP contribution in [0, 0.1) is 0 Å². The van der Waals surface area contributed by atoms with Gasteiger partial charge in [0, 0.05) is 29.4 Å². The van der Waals surface area contributed by atoms with Gasteiger partial charge in [-0.25, -0.2) is 13.4 Å². The van der Waals surface area contributed by atoms with E-state index in [4.69, 9.17) is 13.0 Å². The molecule has 0 saturated carbocycles. The molecule has 1 saturated heterocycles. The Bertz CT molecular complexity index is 917. The first-order valence-corrected chi connectivity index (χ1v) is 11.3. The zero-order valence-electron chi connectivity index (χ0n) is 15.9. The largest absolute Gasteiger partial charge is 0.741 e. The highest BCUT2D eigenvalue weighted by Crippen LogP contribution is 2.24. The molecule has 0 N–H and O–H groups in total. The molecule has 1 aliphatic rings. The summed E-state index contributed by atoms with van der Waals surface area (Å²) < 4.78 is 60.7. The molecular formula is C17H21F3N4O3S2. The van der Waals surface area contributed by atoms with Gasteiger partial charge in [0.15, 0.2) is 17.2 Å². The van der Waals surface area contributed by atoms with Crippen LogP contribution in [0.25, 0.3) is 11.3 Å². The molecule has 2 heterocycles. The number of piperidine rings is 1. The fourth-order valence-electron chi connectivity index (χ4n) is 2.72. The van der Waals surface area contributed by atoms with Crippen molar-refractivity contribution >= 4 is 27.6 Å². The quantitative estimate of drug-likeness (QED) is 0.307. The lowest BCUT2D eigenvalue weighted by atomic mass is 10.1. The molecule has 0 spiro atoms. The van der Waals surface area contributed by atoms with Gasteiger partial charge in [-0.05, 0) is 37.7 Å². The van der Waals surface area contributed by atoms with Crippen LogP contribution in [0.1, 0.15) is 19.3 Å². The molecule has 0 bridgehead atoms. The van der Waals surface area contributed by atoms with Gasteiger partial charge in [0.2, 0.25) is 6.20 Å². The van der Waals surface area contributed by atoms with Crippen LogP contribution in [0.5, 0.6) is 0 Å². The monoisotopic (exact) mass is 450 g/mol. The maximum Gasteiger partial charge on any atom is 0.485 e. The highest BCUT2D eigenvalue weighted by molar-refractivity contribution is 7.98. The number of halogens is 3. The topological polar surface area (TPSA) is 90.1 Å². The Labute approximate surface area is 171 Å². The first-order valence-electron chi connectivity index (χ1n) is 8.68. The highest BCUT2D eigenvalue weighted by Gasteiger charge is 2.36. The zero-order valence-corrected chi connectivity index (χ0v) is 17.5. The molecule has 0 aliphatic carbocycles. The van der Waals surface area contributed by atoms with Crippen molar-refractivity contribution in [2.75, 3.05) is 24.2 Å². The molecule has 0 radical (unpaired) electrons. The molecule has 0 atom stereocenters. The summed E-state index contributed by atoms with van der Waals surface area (Å²) in [5.74, 6) is 0. The highest BCUT2D eigenvalue weighted by atomic mass is 32.2. The maximum absolute atomic E-state index is 10.7. The van der Waals surface area contributed by atoms with Crippen molar-refractivity contribution in [3.63, 3.8) is 0 Å². The minimum Gasteiger partial charge on any atom is -0.741 e. The second-order valence-corrected chi connectivity index (χ2v) is 8.43. The van der Waals surface area contributed by atoms with Crippen LogP contribution >= 0.6 is 11.8 Å². The summed E-state index contributed by atoms with van der Waals surface area (Å²) in [6.07, 6.45) is 7.94. The van der Waals surface area contributed by atoms with Crippen molar-refractivity contribution in [3.05, 3.63) is 30.5 Å². The summed E-state index contributed by atoms with van der Waals surface area (Å²) >= 11 is 1.57. The number of thioether (sulfide) groups is 1. The molecule has 0 amide bonds. The number of benzene rings is 1. The lowest BCUT2D eigenvalue weighted by molar-refractivity contribution is -0.734. The first kappa shape index (κ1) is 23.4. The molecule has 1 aromatic carbocycles. The Hall–Kier alpha value is -1.92. The predicted molar refractivity (Wildman–Crippen MR) is 102 cm³/mol. The number of rotatable bonds is 3. The third-order valence-corrected chi connectivity index (χ3v) is 5.22. The minimum absolute atomic E-state index is 0.801. The summed E-state index contributed by atoms with van der Waals surface area (Å²) in [5, 5.41) is 5.13. The van der Waals surface area contributed by atoms with Gasteiger partial charge in [-0.15, -0.1) is 0 Å². The molecule has 0 unspecified atom stereocenters. The van der Waals surface area contributed by atoms with Crippen LogP contribution in [-0.4, -0.2) is 47.9 Å². The van der Waals surface area contributed by atoms with Gasteiger partial charge in [-0.2, -0.15) is 13.2 Å². The SMILES string of the molecule is CSc1nc(-c2ccc(N3CCCCC3)cc2)c[n+](C)n1.O=S(=O)([O-])C(F)(F)F. The molecule has 29 heavy (non-hydrogen) atoms. The van der Waals surface area contributed by atoms with E-state index in [0.29, 0.717) is 0 Å². The summed E-state index contributed by atoms with van der Waals surface area (Å²) in [7, 11) is -4.15. The van der Waals surface area contributed by atoms with Gasteiger partial charge < -0.3 is 9.45 Å². The number of aryl methyl sites for hydroxylation is 1. The van der Waals surface area contributed by atoms with E-state index in [9.17, 15) is 13.2 Å². The number of aromatic nitrogens is 3. The number of anilines is 1. The smallest absolute Gasteiger partial charge is 0.485 e. The average molecular weight is 451 g/mol. The zero-order chi connectivity index (χ0) is 21.7. The third kappa shape index (κ3) is 6.82. The number of nitrogens with zero attached hydrogens (tertiary/aromatic N) is 4. The van der Waals surface area contributed by atoms with Gasteiger partial charge in [0.25, 0.3) is 5.16 Å². The van der Waals surface area contributed by atoms with E-state index in [2.05, 4.69) is 39.2 Å². The van der Waals surface area contributed by atoms with E-state index in [1.54, 1.807) is 11.8 Å². The Morgan fingerprint density at radius 3 is 2.17 bits per heavy atom. The molecular weight excluding hydrogens is 429 g/mol. The Balaban J connectivity index is 0.000000321. The van der Waals surface area contributed by atoms with Crippen LogP contribution in [0.15, 0.2) is 35.6 Å². The molecule has 1 aromatic heterocycles. The summed E-state index contributed by atoms with van der Waals surface area (Å²) in [6.45, 7) is 2.36. The van der Waals surface area contributed by atoms with Crippen LogP contribution in [0.3, 0.4) is 0 Å². The van der Waals surface area contributed by atoms with Crippen molar-refractivity contribution in [3.8, 4) is 11.3 Å². The van der Waals surface area contributed by atoms with Gasteiger partial charge >= 0.3 is 5.51 Å². The van der Waals surface area contributed by atoms with E-state index in [0.717, 1.165) is 16.4 Å². The molecule has 1 aliphatic heterocycles. The second kappa shape index (κ2) is 9.72. The van der Waals surface area contributed by atoms with Crippen molar-refractivity contribution in [2.45, 2.75) is 29.9 Å². The normalized spacial score (nSPS) is 14.9. The molecule has 160 valence electrons. The van der Waals surface area contributed by atoms with E-state index in [-0.39, 0.29) is 0 Å². The van der Waals surface area contributed by atoms with E-state index < -0.39 is 15.6 Å². The lowest BCUT2D eigenvalue weighted by Crippen LogP contribution is -2.33.